The number of nitrogens with zero attached hydrogens (tertiary/aromatic N) is 3. The fourth-order valence-corrected chi connectivity index (χ4v) is 2.16. The Balaban J connectivity index is 2.06. The summed E-state index contributed by atoms with van der Waals surface area (Å²) in [6, 6.07) is 5.09. The van der Waals surface area contributed by atoms with Crippen molar-refractivity contribution in [1.82, 2.24) is 20.3 Å². The van der Waals surface area contributed by atoms with E-state index in [1.807, 2.05) is 6.92 Å². The lowest BCUT2D eigenvalue weighted by atomic mass is 10.0. The van der Waals surface area contributed by atoms with Crippen LogP contribution in [-0.2, 0) is 11.8 Å². The van der Waals surface area contributed by atoms with Gasteiger partial charge in [0.25, 0.3) is 5.91 Å². The van der Waals surface area contributed by atoms with Crippen LogP contribution in [0, 0.1) is 5.92 Å². The fourth-order valence-electron chi connectivity index (χ4n) is 2.16. The number of amides is 1. The van der Waals surface area contributed by atoms with E-state index in [9.17, 15) is 9.59 Å². The molecule has 1 unspecified atom stereocenters. The number of aromatic nitrogens is 3. The van der Waals surface area contributed by atoms with E-state index in [1.165, 1.54) is 0 Å². The third kappa shape index (κ3) is 3.36. The first-order valence-electron chi connectivity index (χ1n) is 6.83. The Morgan fingerprint density at radius 2 is 2.19 bits per heavy atom. The molecule has 1 amide bonds. The summed E-state index contributed by atoms with van der Waals surface area (Å²) in [6.07, 6.45) is 1.30. The van der Waals surface area contributed by atoms with Crippen molar-refractivity contribution in [3.05, 3.63) is 23.8 Å². The Morgan fingerprint density at radius 3 is 2.86 bits per heavy atom. The van der Waals surface area contributed by atoms with Crippen LogP contribution in [0.25, 0.3) is 11.0 Å². The number of hydrogen-bond acceptors (Lipinski definition) is 4. The van der Waals surface area contributed by atoms with Crippen molar-refractivity contribution >= 4 is 22.9 Å². The van der Waals surface area contributed by atoms with Crippen molar-refractivity contribution in [3.8, 4) is 0 Å². The van der Waals surface area contributed by atoms with Gasteiger partial charge in [-0.05, 0) is 24.6 Å². The largest absolute Gasteiger partial charge is 0.481 e. The van der Waals surface area contributed by atoms with Gasteiger partial charge in [0.15, 0.2) is 0 Å². The number of carbonyl (C=O) groups excluding carboxylic acids is 1. The number of carbonyl (C=O) groups is 2. The molecule has 7 nitrogen and oxygen atoms in total. The van der Waals surface area contributed by atoms with Gasteiger partial charge in [-0.3, -0.25) is 9.59 Å². The van der Waals surface area contributed by atoms with Gasteiger partial charge < -0.3 is 10.4 Å². The molecule has 0 aliphatic heterocycles. The van der Waals surface area contributed by atoms with Gasteiger partial charge in [0, 0.05) is 19.2 Å². The molecule has 1 aromatic heterocycles. The highest BCUT2D eigenvalue weighted by molar-refractivity contribution is 5.97. The maximum Gasteiger partial charge on any atom is 0.308 e. The molecule has 2 aromatic rings. The maximum atomic E-state index is 12.1. The number of carboxylic acid groups (broad SMARTS) is 1. The normalized spacial score (nSPS) is 12.3. The molecule has 7 heteroatoms. The topological polar surface area (TPSA) is 97.1 Å². The summed E-state index contributed by atoms with van der Waals surface area (Å²) < 4.78 is 1.62. The van der Waals surface area contributed by atoms with Crippen LogP contribution in [0.1, 0.15) is 30.1 Å². The van der Waals surface area contributed by atoms with Crippen molar-refractivity contribution in [2.45, 2.75) is 19.8 Å². The van der Waals surface area contributed by atoms with Crippen LogP contribution >= 0.6 is 0 Å². The molecule has 0 fully saturated rings. The molecule has 112 valence electrons. The fraction of sp³-hybridized carbons (Fsp3) is 0.429. The van der Waals surface area contributed by atoms with E-state index in [2.05, 4.69) is 15.6 Å². The number of aryl methyl sites for hydroxylation is 1. The van der Waals surface area contributed by atoms with Crippen LogP contribution in [0.5, 0.6) is 0 Å². The lowest BCUT2D eigenvalue weighted by Gasteiger charge is -2.12. The summed E-state index contributed by atoms with van der Waals surface area (Å²) in [6.45, 7) is 2.04. The Hall–Kier alpha value is -2.44. The third-order valence-electron chi connectivity index (χ3n) is 3.37. The Kier molecular flexibility index (Phi) is 4.52. The van der Waals surface area contributed by atoms with Gasteiger partial charge in [0.1, 0.15) is 5.52 Å². The molecule has 0 radical (unpaired) electrons. The number of nitrogens with one attached hydrogen (secondary N) is 1. The van der Waals surface area contributed by atoms with Gasteiger partial charge in [-0.2, -0.15) is 0 Å². The van der Waals surface area contributed by atoms with Crippen molar-refractivity contribution in [3.63, 3.8) is 0 Å². The molecule has 1 heterocycles. The third-order valence-corrected chi connectivity index (χ3v) is 3.37. The zero-order chi connectivity index (χ0) is 15.4. The molecule has 21 heavy (non-hydrogen) atoms. The van der Waals surface area contributed by atoms with Crippen molar-refractivity contribution in [2.24, 2.45) is 13.0 Å². The zero-order valence-corrected chi connectivity index (χ0v) is 12.0. The Labute approximate surface area is 121 Å². The highest BCUT2D eigenvalue weighted by Gasteiger charge is 2.18. The molecule has 1 aromatic carbocycles. The molecule has 0 spiro atoms. The molecule has 0 saturated carbocycles. The van der Waals surface area contributed by atoms with Crippen molar-refractivity contribution in [2.75, 3.05) is 6.54 Å². The van der Waals surface area contributed by atoms with E-state index in [0.717, 1.165) is 11.9 Å². The first-order valence-corrected chi connectivity index (χ1v) is 6.83. The van der Waals surface area contributed by atoms with Crippen molar-refractivity contribution in [1.29, 1.82) is 0 Å². The second-order valence-electron chi connectivity index (χ2n) is 4.95. The van der Waals surface area contributed by atoms with Crippen molar-refractivity contribution < 1.29 is 14.7 Å². The molecular formula is C14H18N4O3. The number of aliphatic carboxylic acids is 1. The van der Waals surface area contributed by atoms with E-state index < -0.39 is 11.9 Å². The standard InChI is InChI=1S/C14H18N4O3/c1-3-4-10(14(20)21)8-15-13(19)9-5-6-12-11(7-9)16-17-18(12)2/h5-7,10H,3-4,8H2,1-2H3,(H,15,19)(H,20,21). The van der Waals surface area contributed by atoms with Gasteiger partial charge in [-0.15, -0.1) is 5.10 Å². The highest BCUT2D eigenvalue weighted by atomic mass is 16.4. The summed E-state index contributed by atoms with van der Waals surface area (Å²) in [5.74, 6) is -1.74. The number of rotatable bonds is 6. The van der Waals surface area contributed by atoms with Gasteiger partial charge in [-0.25, -0.2) is 4.68 Å². The molecular weight excluding hydrogens is 272 g/mol. The monoisotopic (exact) mass is 290 g/mol. The summed E-state index contributed by atoms with van der Waals surface area (Å²) in [5, 5.41) is 19.5. The predicted molar refractivity (Wildman–Crippen MR) is 76.9 cm³/mol. The first kappa shape index (κ1) is 15.0. The first-order chi connectivity index (χ1) is 10.0. The summed E-state index contributed by atoms with van der Waals surface area (Å²) in [4.78, 5) is 23.1. The van der Waals surface area contributed by atoms with Crippen LogP contribution < -0.4 is 5.32 Å². The number of benzene rings is 1. The Bertz CT molecular complexity index is 665. The minimum atomic E-state index is -0.887. The van der Waals surface area contributed by atoms with Crippen LogP contribution in [0.3, 0.4) is 0 Å². The summed E-state index contributed by atoms with van der Waals surface area (Å²) in [7, 11) is 1.78. The second-order valence-corrected chi connectivity index (χ2v) is 4.95. The molecule has 1 atom stereocenters. The van der Waals surface area contributed by atoms with E-state index >= 15 is 0 Å². The molecule has 0 saturated heterocycles. The highest BCUT2D eigenvalue weighted by Crippen LogP contribution is 2.13. The summed E-state index contributed by atoms with van der Waals surface area (Å²) in [5.41, 5.74) is 1.91. The number of hydrogen-bond donors (Lipinski definition) is 2. The quantitative estimate of drug-likeness (QED) is 0.833. The minimum Gasteiger partial charge on any atom is -0.481 e. The minimum absolute atomic E-state index is 0.126. The lowest BCUT2D eigenvalue weighted by Crippen LogP contribution is -2.32. The average Bonchev–Trinajstić information content (AvgIpc) is 2.83. The molecule has 0 bridgehead atoms. The average molecular weight is 290 g/mol. The van der Waals surface area contributed by atoms with Crippen LogP contribution in [-0.4, -0.2) is 38.5 Å². The van der Waals surface area contributed by atoms with Gasteiger partial charge >= 0.3 is 5.97 Å². The van der Waals surface area contributed by atoms with E-state index in [1.54, 1.807) is 29.9 Å². The maximum absolute atomic E-state index is 12.1. The summed E-state index contributed by atoms with van der Waals surface area (Å²) >= 11 is 0. The SMILES string of the molecule is CCCC(CNC(=O)c1ccc2c(c1)nnn2C)C(=O)O. The van der Waals surface area contributed by atoms with E-state index in [4.69, 9.17) is 5.11 Å². The Morgan fingerprint density at radius 1 is 1.43 bits per heavy atom. The van der Waals surface area contributed by atoms with Crippen LogP contribution in [0.2, 0.25) is 0 Å². The van der Waals surface area contributed by atoms with Crippen LogP contribution in [0.15, 0.2) is 18.2 Å². The van der Waals surface area contributed by atoms with Gasteiger partial charge in [0.2, 0.25) is 0 Å². The van der Waals surface area contributed by atoms with E-state index in [0.29, 0.717) is 17.5 Å². The van der Waals surface area contributed by atoms with E-state index in [-0.39, 0.29) is 12.5 Å². The zero-order valence-electron chi connectivity index (χ0n) is 12.0. The van der Waals surface area contributed by atoms with Gasteiger partial charge in [-0.1, -0.05) is 18.6 Å². The van der Waals surface area contributed by atoms with Crippen LogP contribution in [0.4, 0.5) is 0 Å². The van der Waals surface area contributed by atoms with Gasteiger partial charge in [0.05, 0.1) is 11.4 Å². The molecule has 2 rings (SSSR count). The molecule has 0 aliphatic rings. The number of carboxylic acids is 1. The molecule has 2 N–H and O–H groups in total. The molecule has 0 aliphatic carbocycles. The number of fused-ring (bicyclic) bond motifs is 1. The lowest BCUT2D eigenvalue weighted by molar-refractivity contribution is -0.141. The predicted octanol–water partition coefficient (Wildman–Crippen LogP) is 1.20. The smallest absolute Gasteiger partial charge is 0.308 e. The second kappa shape index (κ2) is 6.34.